The largest absolute Gasteiger partial charge is 0.480 e. The Labute approximate surface area is 209 Å². The van der Waals surface area contributed by atoms with Gasteiger partial charge >= 0.3 is 11.9 Å². The molecule has 0 spiro atoms. The van der Waals surface area contributed by atoms with Crippen LogP contribution in [0.15, 0.2) is 66.4 Å². The maximum Gasteiger partial charge on any atom is 0.336 e. The van der Waals surface area contributed by atoms with Crippen molar-refractivity contribution in [3.63, 3.8) is 0 Å². The predicted octanol–water partition coefficient (Wildman–Crippen LogP) is 3.09. The van der Waals surface area contributed by atoms with Crippen molar-refractivity contribution in [3.05, 3.63) is 87.6 Å². The second-order valence-corrected chi connectivity index (χ2v) is 9.28. The number of nitro benzene ring substituents is 1. The van der Waals surface area contributed by atoms with Crippen molar-refractivity contribution in [1.82, 2.24) is 10.2 Å². The van der Waals surface area contributed by atoms with Gasteiger partial charge in [0.05, 0.1) is 22.1 Å². The van der Waals surface area contributed by atoms with Gasteiger partial charge in [-0.1, -0.05) is 42.5 Å². The summed E-state index contributed by atoms with van der Waals surface area (Å²) < 4.78 is 11.3. The Morgan fingerprint density at radius 2 is 1.89 bits per heavy atom. The first kappa shape index (κ1) is 26.8. The molecule has 0 fully saturated rings. The van der Waals surface area contributed by atoms with Gasteiger partial charge in [-0.05, 0) is 32.0 Å². The monoisotopic (exact) mass is 497 g/mol. The van der Waals surface area contributed by atoms with Crippen molar-refractivity contribution in [2.45, 2.75) is 38.0 Å². The summed E-state index contributed by atoms with van der Waals surface area (Å²) in [6.45, 7) is 4.34. The highest BCUT2D eigenvalue weighted by Crippen LogP contribution is 2.39. The number of nitrogens with one attached hydrogen (secondary N) is 1. The summed E-state index contributed by atoms with van der Waals surface area (Å²) in [6, 6.07) is 15.8. The van der Waals surface area contributed by atoms with Crippen molar-refractivity contribution in [2.75, 3.05) is 26.8 Å². The van der Waals surface area contributed by atoms with Crippen LogP contribution < -0.4 is 5.32 Å². The van der Waals surface area contributed by atoms with E-state index in [2.05, 4.69) is 5.32 Å². The summed E-state index contributed by atoms with van der Waals surface area (Å²) in [5.74, 6) is -2.55. The molecular weight excluding hydrogens is 466 g/mol. The van der Waals surface area contributed by atoms with Crippen LogP contribution in [-0.2, 0) is 25.6 Å². The second kappa shape index (κ2) is 11.8. The normalized spacial score (nSPS) is 18.7. The Hall–Kier alpha value is -3.76. The molecule has 1 aliphatic heterocycles. The molecule has 0 aliphatic carbocycles. The minimum absolute atomic E-state index is 0.130. The summed E-state index contributed by atoms with van der Waals surface area (Å²) in [5, 5.41) is 23.7. The third-order valence-corrected chi connectivity index (χ3v) is 6.01. The van der Waals surface area contributed by atoms with Crippen molar-refractivity contribution >= 4 is 17.6 Å². The van der Waals surface area contributed by atoms with Gasteiger partial charge in [-0.3, -0.25) is 15.0 Å². The number of benzene rings is 2. The van der Waals surface area contributed by atoms with E-state index in [1.54, 1.807) is 19.9 Å². The number of esters is 1. The molecule has 36 heavy (non-hydrogen) atoms. The van der Waals surface area contributed by atoms with Crippen LogP contribution in [0.25, 0.3) is 0 Å². The topological polar surface area (TPSA) is 131 Å². The average molecular weight is 498 g/mol. The number of likely N-dealkylation sites (N-methyl/N-ethyl adjacent to an activating group) is 1. The van der Waals surface area contributed by atoms with Crippen LogP contribution >= 0.6 is 0 Å². The van der Waals surface area contributed by atoms with E-state index in [1.165, 1.54) is 24.4 Å². The Kier molecular flexibility index (Phi) is 8.78. The van der Waals surface area contributed by atoms with Gasteiger partial charge in [0.1, 0.15) is 13.2 Å². The molecule has 0 saturated heterocycles. The molecule has 2 aromatic rings. The van der Waals surface area contributed by atoms with Crippen LogP contribution in [0.1, 0.15) is 30.9 Å². The molecule has 0 amide bonds. The summed E-state index contributed by atoms with van der Waals surface area (Å²) in [6.07, 6.45) is 0.712. The van der Waals surface area contributed by atoms with Crippen molar-refractivity contribution in [1.29, 1.82) is 0 Å². The number of hydrogen-bond donors (Lipinski definition) is 2. The zero-order valence-electron chi connectivity index (χ0n) is 20.5. The first-order chi connectivity index (χ1) is 17.1. The third kappa shape index (κ3) is 6.89. The molecule has 1 aliphatic rings. The second-order valence-electron chi connectivity index (χ2n) is 9.28. The van der Waals surface area contributed by atoms with E-state index in [4.69, 9.17) is 9.47 Å². The molecule has 1 heterocycles. The van der Waals surface area contributed by atoms with Gasteiger partial charge < -0.3 is 19.9 Å². The number of non-ortho nitro benzene ring substituents is 1. The first-order valence-corrected chi connectivity index (χ1v) is 11.5. The third-order valence-electron chi connectivity index (χ3n) is 6.01. The maximum absolute atomic E-state index is 13.2. The minimum atomic E-state index is -1.16. The lowest BCUT2D eigenvalue weighted by Gasteiger charge is -2.43. The van der Waals surface area contributed by atoms with Crippen LogP contribution in [0.4, 0.5) is 5.69 Å². The molecule has 2 N–H and O–H groups in total. The quantitative estimate of drug-likeness (QED) is 0.273. The van der Waals surface area contributed by atoms with E-state index >= 15 is 0 Å². The number of aliphatic carboxylic acids is 1. The SMILES string of the molecule is CN(CCOC(=O)C1=CNC(C)(C)C(OCC(=O)O)C1c1cccc([N+](=O)[O-])c1)Cc1ccccc1. The average Bonchev–Trinajstić information content (AvgIpc) is 2.83. The molecule has 3 rings (SSSR count). The van der Waals surface area contributed by atoms with Crippen LogP contribution in [0.2, 0.25) is 0 Å². The fourth-order valence-corrected chi connectivity index (χ4v) is 4.20. The Bertz CT molecular complexity index is 1120. The van der Waals surface area contributed by atoms with Crippen LogP contribution in [0.3, 0.4) is 0 Å². The van der Waals surface area contributed by atoms with Gasteiger partial charge in [0, 0.05) is 37.3 Å². The summed E-state index contributed by atoms with van der Waals surface area (Å²) >= 11 is 0. The highest BCUT2D eigenvalue weighted by Gasteiger charge is 2.45. The fourth-order valence-electron chi connectivity index (χ4n) is 4.20. The van der Waals surface area contributed by atoms with Gasteiger partial charge in [-0.15, -0.1) is 0 Å². The molecule has 2 unspecified atom stereocenters. The zero-order chi connectivity index (χ0) is 26.3. The van der Waals surface area contributed by atoms with Crippen molar-refractivity contribution in [2.24, 2.45) is 0 Å². The number of nitrogens with zero attached hydrogens (tertiary/aromatic N) is 2. The van der Waals surface area contributed by atoms with E-state index in [0.29, 0.717) is 18.7 Å². The van der Waals surface area contributed by atoms with Crippen LogP contribution in [0, 0.1) is 10.1 Å². The Morgan fingerprint density at radius 3 is 2.56 bits per heavy atom. The van der Waals surface area contributed by atoms with Gasteiger partial charge in [0.25, 0.3) is 5.69 Å². The molecule has 2 atom stereocenters. The molecule has 192 valence electrons. The van der Waals surface area contributed by atoms with Crippen molar-refractivity contribution < 1.29 is 29.1 Å². The number of carbonyl (C=O) groups is 2. The summed E-state index contributed by atoms with van der Waals surface area (Å²) in [7, 11) is 1.92. The lowest BCUT2D eigenvalue weighted by Crippen LogP contribution is -2.56. The molecule has 2 aromatic carbocycles. The van der Waals surface area contributed by atoms with E-state index in [-0.39, 0.29) is 17.9 Å². The molecule has 0 radical (unpaired) electrons. The molecule has 0 bridgehead atoms. The fraction of sp³-hybridized carbons (Fsp3) is 0.385. The molecule has 10 heteroatoms. The van der Waals surface area contributed by atoms with E-state index in [9.17, 15) is 24.8 Å². The summed E-state index contributed by atoms with van der Waals surface area (Å²) in [4.78, 5) is 37.3. The molecular formula is C26H31N3O7. The molecule has 0 aromatic heterocycles. The van der Waals surface area contributed by atoms with Gasteiger partial charge in [-0.25, -0.2) is 9.59 Å². The number of carboxylic acid groups (broad SMARTS) is 1. The number of nitro groups is 1. The number of ether oxygens (including phenoxy) is 2. The predicted molar refractivity (Wildman–Crippen MR) is 132 cm³/mol. The van der Waals surface area contributed by atoms with Gasteiger partial charge in [0.2, 0.25) is 0 Å². The summed E-state index contributed by atoms with van der Waals surface area (Å²) in [5.41, 5.74) is 0.882. The lowest BCUT2D eigenvalue weighted by molar-refractivity contribution is -0.384. The highest BCUT2D eigenvalue weighted by molar-refractivity contribution is 5.91. The first-order valence-electron chi connectivity index (χ1n) is 11.5. The Morgan fingerprint density at radius 1 is 1.17 bits per heavy atom. The van der Waals surface area contributed by atoms with E-state index in [1.807, 2.05) is 42.3 Å². The van der Waals surface area contributed by atoms with Gasteiger partial charge in [-0.2, -0.15) is 0 Å². The number of rotatable bonds is 11. The number of carbonyl (C=O) groups excluding carboxylic acids is 1. The highest BCUT2D eigenvalue weighted by atomic mass is 16.6. The maximum atomic E-state index is 13.2. The van der Waals surface area contributed by atoms with E-state index < -0.39 is 41.0 Å². The van der Waals surface area contributed by atoms with Crippen LogP contribution in [-0.4, -0.2) is 65.3 Å². The van der Waals surface area contributed by atoms with Crippen molar-refractivity contribution in [3.8, 4) is 0 Å². The lowest BCUT2D eigenvalue weighted by atomic mass is 9.76. The minimum Gasteiger partial charge on any atom is -0.480 e. The van der Waals surface area contributed by atoms with E-state index in [0.717, 1.165) is 5.56 Å². The number of hydrogen-bond acceptors (Lipinski definition) is 8. The zero-order valence-corrected chi connectivity index (χ0v) is 20.5. The smallest absolute Gasteiger partial charge is 0.336 e. The van der Waals surface area contributed by atoms with Gasteiger partial charge in [0.15, 0.2) is 0 Å². The Balaban J connectivity index is 1.80. The number of carboxylic acids is 1. The standard InChI is InChI=1S/C26H31N3O7/c1-26(2)24(36-17-22(30)31)23(19-10-7-11-20(14-19)29(33)34)21(15-27-26)25(32)35-13-12-28(3)16-18-8-5-4-6-9-18/h4-11,14-15,23-24,27H,12-13,16-17H2,1-3H3,(H,30,31). The molecule has 0 saturated carbocycles. The molecule has 10 nitrogen and oxygen atoms in total. The van der Waals surface area contributed by atoms with Crippen LogP contribution in [0.5, 0.6) is 0 Å².